The van der Waals surface area contributed by atoms with Crippen LogP contribution in [0, 0.1) is 5.82 Å². The van der Waals surface area contributed by atoms with Gasteiger partial charge in [-0.25, -0.2) is 4.39 Å². The van der Waals surface area contributed by atoms with Crippen molar-refractivity contribution in [2.45, 2.75) is 19.4 Å². The fourth-order valence-electron chi connectivity index (χ4n) is 1.93. The van der Waals surface area contributed by atoms with Gasteiger partial charge in [0.15, 0.2) is 5.22 Å². The van der Waals surface area contributed by atoms with Gasteiger partial charge in [0, 0.05) is 0 Å². The SMILES string of the molecule is CCNC(Cc1cccc(F)c1)c1ccc(Cl)o1. The van der Waals surface area contributed by atoms with Gasteiger partial charge in [0.2, 0.25) is 0 Å². The van der Waals surface area contributed by atoms with Crippen LogP contribution >= 0.6 is 11.6 Å². The van der Waals surface area contributed by atoms with Gasteiger partial charge in [-0.15, -0.1) is 0 Å². The molecule has 0 radical (unpaired) electrons. The lowest BCUT2D eigenvalue weighted by atomic mass is 10.0. The van der Waals surface area contributed by atoms with E-state index in [9.17, 15) is 4.39 Å². The van der Waals surface area contributed by atoms with Crippen molar-refractivity contribution in [3.63, 3.8) is 0 Å². The molecule has 0 fully saturated rings. The maximum atomic E-state index is 13.1. The molecule has 2 nitrogen and oxygen atoms in total. The van der Waals surface area contributed by atoms with Gasteiger partial charge in [-0.05, 0) is 54.4 Å². The molecule has 0 saturated heterocycles. The van der Waals surface area contributed by atoms with Crippen molar-refractivity contribution in [3.05, 3.63) is 58.8 Å². The molecule has 1 atom stereocenters. The molecule has 18 heavy (non-hydrogen) atoms. The van der Waals surface area contributed by atoms with E-state index in [-0.39, 0.29) is 11.9 Å². The largest absolute Gasteiger partial charge is 0.448 e. The van der Waals surface area contributed by atoms with Gasteiger partial charge in [-0.2, -0.15) is 0 Å². The molecule has 1 heterocycles. The molecule has 1 aromatic heterocycles. The molecule has 4 heteroatoms. The van der Waals surface area contributed by atoms with Crippen molar-refractivity contribution in [3.8, 4) is 0 Å². The van der Waals surface area contributed by atoms with Crippen molar-refractivity contribution in [2.75, 3.05) is 6.54 Å². The van der Waals surface area contributed by atoms with Crippen molar-refractivity contribution in [1.82, 2.24) is 5.32 Å². The highest BCUT2D eigenvalue weighted by atomic mass is 35.5. The topological polar surface area (TPSA) is 25.2 Å². The summed E-state index contributed by atoms with van der Waals surface area (Å²) in [5, 5.41) is 3.67. The Bertz CT molecular complexity index is 512. The van der Waals surface area contributed by atoms with E-state index >= 15 is 0 Å². The van der Waals surface area contributed by atoms with E-state index in [0.29, 0.717) is 11.6 Å². The van der Waals surface area contributed by atoms with Crippen molar-refractivity contribution >= 4 is 11.6 Å². The van der Waals surface area contributed by atoms with E-state index in [0.717, 1.165) is 17.9 Å². The molecular weight excluding hydrogens is 253 g/mol. The number of likely N-dealkylation sites (N-methyl/N-ethyl adjacent to an activating group) is 1. The van der Waals surface area contributed by atoms with Crippen LogP contribution in [0.25, 0.3) is 0 Å². The van der Waals surface area contributed by atoms with Crippen LogP contribution < -0.4 is 5.32 Å². The second kappa shape index (κ2) is 6.03. The quantitative estimate of drug-likeness (QED) is 0.887. The van der Waals surface area contributed by atoms with Crippen LogP contribution in [0.2, 0.25) is 5.22 Å². The van der Waals surface area contributed by atoms with E-state index in [2.05, 4.69) is 5.32 Å². The molecule has 1 aromatic carbocycles. The van der Waals surface area contributed by atoms with Gasteiger partial charge >= 0.3 is 0 Å². The van der Waals surface area contributed by atoms with Crippen LogP contribution in [0.5, 0.6) is 0 Å². The third kappa shape index (κ3) is 3.34. The summed E-state index contributed by atoms with van der Waals surface area (Å²) < 4.78 is 18.6. The number of rotatable bonds is 5. The number of furan rings is 1. The monoisotopic (exact) mass is 267 g/mol. The maximum absolute atomic E-state index is 13.1. The maximum Gasteiger partial charge on any atom is 0.193 e. The molecule has 0 amide bonds. The fraction of sp³-hybridized carbons (Fsp3) is 0.286. The Morgan fingerprint density at radius 1 is 1.33 bits per heavy atom. The Balaban J connectivity index is 2.16. The average Bonchev–Trinajstić information content (AvgIpc) is 2.75. The van der Waals surface area contributed by atoms with Crippen molar-refractivity contribution in [1.29, 1.82) is 0 Å². The molecule has 96 valence electrons. The van der Waals surface area contributed by atoms with Crippen LogP contribution in [0.1, 0.15) is 24.3 Å². The van der Waals surface area contributed by atoms with Crippen molar-refractivity contribution in [2.24, 2.45) is 0 Å². The summed E-state index contributed by atoms with van der Waals surface area (Å²) in [4.78, 5) is 0. The van der Waals surface area contributed by atoms with Gasteiger partial charge in [0.25, 0.3) is 0 Å². The Hall–Kier alpha value is -1.32. The van der Waals surface area contributed by atoms with Gasteiger partial charge < -0.3 is 9.73 Å². The predicted molar refractivity (Wildman–Crippen MR) is 70.2 cm³/mol. The van der Waals surface area contributed by atoms with Crippen LogP contribution in [0.4, 0.5) is 4.39 Å². The highest BCUT2D eigenvalue weighted by Crippen LogP contribution is 2.23. The second-order valence-electron chi connectivity index (χ2n) is 4.09. The Morgan fingerprint density at radius 3 is 2.78 bits per heavy atom. The van der Waals surface area contributed by atoms with Crippen LogP contribution in [0.3, 0.4) is 0 Å². The smallest absolute Gasteiger partial charge is 0.193 e. The number of halogens is 2. The van der Waals surface area contributed by atoms with Crippen LogP contribution in [-0.2, 0) is 6.42 Å². The summed E-state index contributed by atoms with van der Waals surface area (Å²) in [6.07, 6.45) is 0.662. The summed E-state index contributed by atoms with van der Waals surface area (Å²) in [5.41, 5.74) is 0.925. The lowest BCUT2D eigenvalue weighted by molar-refractivity contribution is 0.417. The molecule has 0 aliphatic carbocycles. The zero-order valence-corrected chi connectivity index (χ0v) is 10.9. The van der Waals surface area contributed by atoms with E-state index in [1.807, 2.05) is 19.1 Å². The summed E-state index contributed by atoms with van der Waals surface area (Å²) in [6, 6.07) is 10.1. The first-order valence-corrected chi connectivity index (χ1v) is 6.30. The number of nitrogens with one attached hydrogen (secondary N) is 1. The zero-order valence-electron chi connectivity index (χ0n) is 10.1. The normalized spacial score (nSPS) is 12.6. The van der Waals surface area contributed by atoms with Gasteiger partial charge in [0.05, 0.1) is 6.04 Å². The number of hydrogen-bond acceptors (Lipinski definition) is 2. The fourth-order valence-corrected chi connectivity index (χ4v) is 2.09. The Kier molecular flexibility index (Phi) is 4.39. The molecule has 2 aromatic rings. The average molecular weight is 268 g/mol. The number of benzene rings is 1. The van der Waals surface area contributed by atoms with E-state index in [1.54, 1.807) is 12.1 Å². The molecular formula is C14H15ClFNO. The van der Waals surface area contributed by atoms with Gasteiger partial charge in [-0.3, -0.25) is 0 Å². The van der Waals surface area contributed by atoms with Crippen molar-refractivity contribution < 1.29 is 8.81 Å². The lowest BCUT2D eigenvalue weighted by Gasteiger charge is -2.15. The molecule has 0 spiro atoms. The first-order chi connectivity index (χ1) is 8.69. The molecule has 0 aliphatic heterocycles. The van der Waals surface area contributed by atoms with E-state index in [1.165, 1.54) is 12.1 Å². The molecule has 1 unspecified atom stereocenters. The lowest BCUT2D eigenvalue weighted by Crippen LogP contribution is -2.22. The predicted octanol–water partition coefficient (Wildman–Crippen LogP) is 3.97. The third-order valence-corrected chi connectivity index (χ3v) is 2.92. The zero-order chi connectivity index (χ0) is 13.0. The Labute approximate surface area is 111 Å². The first kappa shape index (κ1) is 13.1. The number of hydrogen-bond donors (Lipinski definition) is 1. The van der Waals surface area contributed by atoms with Crippen LogP contribution in [0.15, 0.2) is 40.8 Å². The molecule has 0 bridgehead atoms. The summed E-state index contributed by atoms with van der Waals surface area (Å²) >= 11 is 5.78. The summed E-state index contributed by atoms with van der Waals surface area (Å²) in [6.45, 7) is 2.82. The third-order valence-electron chi connectivity index (χ3n) is 2.72. The second-order valence-corrected chi connectivity index (χ2v) is 4.46. The molecule has 0 aliphatic rings. The van der Waals surface area contributed by atoms with E-state index in [4.69, 9.17) is 16.0 Å². The highest BCUT2D eigenvalue weighted by Gasteiger charge is 2.15. The molecule has 0 saturated carbocycles. The standard InChI is InChI=1S/C14H15ClFNO/c1-2-17-12(13-6-7-14(15)18-13)9-10-4-3-5-11(16)8-10/h3-8,12,17H,2,9H2,1H3. The first-order valence-electron chi connectivity index (χ1n) is 5.92. The molecule has 2 rings (SSSR count). The summed E-state index contributed by atoms with van der Waals surface area (Å²) in [7, 11) is 0. The Morgan fingerprint density at radius 2 is 2.17 bits per heavy atom. The minimum Gasteiger partial charge on any atom is -0.448 e. The van der Waals surface area contributed by atoms with E-state index < -0.39 is 0 Å². The molecule has 1 N–H and O–H groups in total. The minimum atomic E-state index is -0.222. The minimum absolute atomic E-state index is 0.00398. The van der Waals surface area contributed by atoms with Gasteiger partial charge in [-0.1, -0.05) is 19.1 Å². The highest BCUT2D eigenvalue weighted by molar-refractivity contribution is 6.28. The van der Waals surface area contributed by atoms with Gasteiger partial charge in [0.1, 0.15) is 11.6 Å². The summed E-state index contributed by atoms with van der Waals surface area (Å²) in [5.74, 6) is 0.548. The van der Waals surface area contributed by atoms with Crippen LogP contribution in [-0.4, -0.2) is 6.54 Å².